The van der Waals surface area contributed by atoms with Crippen LogP contribution in [0.5, 0.6) is 11.5 Å². The molecule has 44 heavy (non-hydrogen) atoms. The third-order valence-corrected chi connectivity index (χ3v) is 7.82. The summed E-state index contributed by atoms with van der Waals surface area (Å²) >= 11 is 12.5. The summed E-state index contributed by atoms with van der Waals surface area (Å²) in [4.78, 5) is 9.56. The number of anilines is 2. The van der Waals surface area contributed by atoms with Crippen LogP contribution in [0, 0.1) is 0 Å². The zero-order valence-electron chi connectivity index (χ0n) is 24.5. The van der Waals surface area contributed by atoms with Crippen LogP contribution >= 0.6 is 23.2 Å². The predicted octanol–water partition coefficient (Wildman–Crippen LogP) is 7.97. The van der Waals surface area contributed by atoms with Crippen LogP contribution in [0.2, 0.25) is 10.0 Å². The Labute approximate surface area is 265 Å². The highest BCUT2D eigenvalue weighted by Gasteiger charge is 2.12. The van der Waals surface area contributed by atoms with Gasteiger partial charge in [0, 0.05) is 44.7 Å². The first-order chi connectivity index (χ1) is 21.5. The van der Waals surface area contributed by atoms with Gasteiger partial charge in [0.25, 0.3) is 0 Å². The van der Waals surface area contributed by atoms with E-state index in [9.17, 15) is 0 Å². The molecule has 0 atom stereocenters. The first-order valence-corrected chi connectivity index (χ1v) is 15.1. The van der Waals surface area contributed by atoms with Gasteiger partial charge in [0.1, 0.15) is 11.5 Å². The largest absolute Gasteiger partial charge is 0.497 e. The molecule has 226 valence electrons. The van der Waals surface area contributed by atoms with Gasteiger partial charge in [-0.3, -0.25) is 0 Å². The minimum Gasteiger partial charge on any atom is -0.497 e. The first kappa shape index (κ1) is 30.0. The molecule has 0 aliphatic carbocycles. The molecule has 0 fully saturated rings. The Kier molecular flexibility index (Phi) is 9.33. The van der Waals surface area contributed by atoms with Crippen molar-refractivity contribution in [3.05, 3.63) is 82.8 Å². The van der Waals surface area contributed by atoms with Crippen LogP contribution in [-0.4, -0.2) is 63.7 Å². The Bertz CT molecular complexity index is 1810. The average Bonchev–Trinajstić information content (AvgIpc) is 3.04. The molecule has 0 spiro atoms. The summed E-state index contributed by atoms with van der Waals surface area (Å²) in [6.45, 7) is 3.24. The molecular formula is C34H32Cl2N4O4. The van der Waals surface area contributed by atoms with E-state index in [1.807, 2.05) is 72.8 Å². The predicted molar refractivity (Wildman–Crippen MR) is 180 cm³/mol. The number of methoxy groups -OCH3 is 2. The number of benzene rings is 4. The molecule has 4 aromatic carbocycles. The van der Waals surface area contributed by atoms with Gasteiger partial charge in [-0.05, 0) is 72.8 Å². The maximum atomic E-state index is 6.24. The molecule has 8 nitrogen and oxygen atoms in total. The van der Waals surface area contributed by atoms with Gasteiger partial charge < -0.3 is 29.6 Å². The van der Waals surface area contributed by atoms with Crippen molar-refractivity contribution < 1.29 is 18.9 Å². The Morgan fingerprint density at radius 2 is 0.977 bits per heavy atom. The second-order valence-electron chi connectivity index (χ2n) is 10.1. The summed E-state index contributed by atoms with van der Waals surface area (Å²) < 4.78 is 22.6. The molecule has 0 saturated carbocycles. The topological polar surface area (TPSA) is 86.8 Å². The highest BCUT2D eigenvalue weighted by atomic mass is 35.5. The van der Waals surface area contributed by atoms with Crippen LogP contribution < -0.4 is 20.1 Å². The van der Waals surface area contributed by atoms with E-state index in [-0.39, 0.29) is 0 Å². The van der Waals surface area contributed by atoms with E-state index in [1.165, 1.54) is 0 Å². The Balaban J connectivity index is 1.01. The van der Waals surface area contributed by atoms with Crippen molar-refractivity contribution in [2.45, 2.75) is 0 Å². The van der Waals surface area contributed by atoms with Crippen molar-refractivity contribution in [3.8, 4) is 11.5 Å². The van der Waals surface area contributed by atoms with Crippen molar-refractivity contribution in [1.29, 1.82) is 0 Å². The number of halogens is 2. The van der Waals surface area contributed by atoms with E-state index in [0.717, 1.165) is 66.5 Å². The summed E-state index contributed by atoms with van der Waals surface area (Å²) in [5.74, 6) is 1.54. The summed E-state index contributed by atoms with van der Waals surface area (Å²) in [5, 5.41) is 12.3. The molecule has 0 aliphatic heterocycles. The van der Waals surface area contributed by atoms with Crippen molar-refractivity contribution in [2.75, 3.05) is 64.4 Å². The van der Waals surface area contributed by atoms with Crippen LogP contribution in [0.3, 0.4) is 0 Å². The maximum absolute atomic E-state index is 6.24. The smallest absolute Gasteiger partial charge is 0.119 e. The van der Waals surface area contributed by atoms with Gasteiger partial charge in [-0.2, -0.15) is 0 Å². The number of rotatable bonds is 13. The van der Waals surface area contributed by atoms with Crippen molar-refractivity contribution in [1.82, 2.24) is 9.97 Å². The van der Waals surface area contributed by atoms with Crippen LogP contribution in [0.25, 0.3) is 43.6 Å². The molecule has 0 amide bonds. The molecule has 2 N–H and O–H groups in total. The standard InChI is InChI=1S/C34H32Cl2N4O4/c1-41-23-5-9-29-27(19-23)33(25-7-3-21(35)17-31(25)39-29)37-11-13-43-15-16-44-14-12-38-34-26-8-4-22(36)18-32(26)40-30-10-6-24(42-2)20-28(30)34/h3-10,17-20H,11-16H2,1-2H3,(H,37,39)(H,38,40). The third kappa shape index (κ3) is 6.54. The summed E-state index contributed by atoms with van der Waals surface area (Å²) in [6, 6.07) is 23.2. The lowest BCUT2D eigenvalue weighted by molar-refractivity contribution is 0.0557. The van der Waals surface area contributed by atoms with E-state index < -0.39 is 0 Å². The summed E-state index contributed by atoms with van der Waals surface area (Å²) in [7, 11) is 3.32. The number of nitrogens with zero attached hydrogens (tertiary/aromatic N) is 2. The molecule has 6 rings (SSSR count). The maximum Gasteiger partial charge on any atom is 0.119 e. The molecule has 10 heteroatoms. The Hall–Kier alpha value is -4.08. The first-order valence-electron chi connectivity index (χ1n) is 14.3. The van der Waals surface area contributed by atoms with E-state index >= 15 is 0 Å². The number of fused-ring (bicyclic) bond motifs is 4. The molecule has 0 radical (unpaired) electrons. The molecule has 0 saturated heterocycles. The van der Waals surface area contributed by atoms with Gasteiger partial charge in [-0.1, -0.05) is 23.2 Å². The second-order valence-corrected chi connectivity index (χ2v) is 11.0. The molecular weight excluding hydrogens is 599 g/mol. The summed E-state index contributed by atoms with van der Waals surface area (Å²) in [6.07, 6.45) is 0. The number of pyridine rings is 2. The third-order valence-electron chi connectivity index (χ3n) is 7.35. The van der Waals surface area contributed by atoms with Crippen LogP contribution in [0.4, 0.5) is 11.4 Å². The number of hydrogen-bond donors (Lipinski definition) is 2. The van der Waals surface area contributed by atoms with Crippen molar-refractivity contribution in [2.24, 2.45) is 0 Å². The SMILES string of the molecule is COc1ccc2nc3cc(Cl)ccc3c(NCCOCCOCCNc3c4ccc(Cl)cc4nc4ccc(OC)cc34)c2c1. The van der Waals surface area contributed by atoms with E-state index in [0.29, 0.717) is 49.6 Å². The van der Waals surface area contributed by atoms with E-state index in [1.54, 1.807) is 14.2 Å². The molecule has 2 aromatic heterocycles. The van der Waals surface area contributed by atoms with Gasteiger partial charge in [0.15, 0.2) is 0 Å². The lowest BCUT2D eigenvalue weighted by Crippen LogP contribution is -2.15. The van der Waals surface area contributed by atoms with Crippen LogP contribution in [0.1, 0.15) is 0 Å². The van der Waals surface area contributed by atoms with Gasteiger partial charge in [-0.15, -0.1) is 0 Å². The van der Waals surface area contributed by atoms with E-state index in [2.05, 4.69) is 10.6 Å². The second kappa shape index (κ2) is 13.7. The fourth-order valence-corrected chi connectivity index (χ4v) is 5.58. The fourth-order valence-electron chi connectivity index (χ4n) is 5.25. The minimum absolute atomic E-state index is 0.486. The normalized spacial score (nSPS) is 11.5. The minimum atomic E-state index is 0.486. The molecule has 6 aromatic rings. The molecule has 0 unspecified atom stereocenters. The van der Waals surface area contributed by atoms with Crippen LogP contribution in [-0.2, 0) is 9.47 Å². The van der Waals surface area contributed by atoms with Gasteiger partial charge in [-0.25, -0.2) is 9.97 Å². The van der Waals surface area contributed by atoms with Crippen molar-refractivity contribution in [3.63, 3.8) is 0 Å². The lowest BCUT2D eigenvalue weighted by Gasteiger charge is -2.15. The zero-order chi connectivity index (χ0) is 30.5. The number of aromatic nitrogens is 2. The zero-order valence-corrected chi connectivity index (χ0v) is 26.0. The van der Waals surface area contributed by atoms with Crippen LogP contribution in [0.15, 0.2) is 72.8 Å². The number of nitrogens with one attached hydrogen (secondary N) is 2. The monoisotopic (exact) mass is 630 g/mol. The fraction of sp³-hybridized carbons (Fsp3) is 0.235. The highest BCUT2D eigenvalue weighted by molar-refractivity contribution is 6.32. The highest BCUT2D eigenvalue weighted by Crippen LogP contribution is 2.35. The van der Waals surface area contributed by atoms with Crippen molar-refractivity contribution >= 4 is 78.2 Å². The van der Waals surface area contributed by atoms with Gasteiger partial charge >= 0.3 is 0 Å². The number of ether oxygens (including phenoxy) is 4. The molecule has 0 bridgehead atoms. The quantitative estimate of drug-likeness (QED) is 0.0981. The summed E-state index contributed by atoms with van der Waals surface area (Å²) in [5.41, 5.74) is 5.33. The lowest BCUT2D eigenvalue weighted by atomic mass is 10.1. The molecule has 2 heterocycles. The Morgan fingerprint density at radius 1 is 0.523 bits per heavy atom. The van der Waals surface area contributed by atoms with Gasteiger partial charge in [0.2, 0.25) is 0 Å². The number of hydrogen-bond acceptors (Lipinski definition) is 8. The van der Waals surface area contributed by atoms with E-state index in [4.69, 9.17) is 52.1 Å². The van der Waals surface area contributed by atoms with Gasteiger partial charge in [0.05, 0.1) is 74.1 Å². The Morgan fingerprint density at radius 3 is 1.41 bits per heavy atom. The molecule has 0 aliphatic rings. The average molecular weight is 632 g/mol.